The highest BCUT2D eigenvalue weighted by molar-refractivity contribution is 5.44. The molecule has 0 aliphatic carbocycles. The van der Waals surface area contributed by atoms with Crippen molar-refractivity contribution in [2.75, 3.05) is 7.05 Å². The van der Waals surface area contributed by atoms with E-state index in [0.29, 0.717) is 0 Å². The van der Waals surface area contributed by atoms with Crippen LogP contribution in [0.5, 0.6) is 0 Å². The van der Waals surface area contributed by atoms with Gasteiger partial charge in [0.25, 0.3) is 0 Å². The van der Waals surface area contributed by atoms with Gasteiger partial charge in [0.1, 0.15) is 0 Å². The molecule has 1 rings (SSSR count). The van der Waals surface area contributed by atoms with Crippen LogP contribution in [0.1, 0.15) is 11.4 Å². The van der Waals surface area contributed by atoms with Crippen LogP contribution in [0.25, 0.3) is 6.08 Å². The summed E-state index contributed by atoms with van der Waals surface area (Å²) < 4.78 is 0. The molecule has 1 aromatic rings. The number of aromatic nitrogens is 1. The van der Waals surface area contributed by atoms with Crippen LogP contribution in [-0.4, -0.2) is 12.0 Å². The quantitative estimate of drug-likeness (QED) is 0.633. The lowest BCUT2D eigenvalue weighted by molar-refractivity contribution is 1.11. The molecule has 10 heavy (non-hydrogen) atoms. The highest BCUT2D eigenvalue weighted by Gasteiger charge is 1.86. The Morgan fingerprint density at radius 2 is 2.30 bits per heavy atom. The molecule has 2 N–H and O–H groups in total. The predicted octanol–water partition coefficient (Wildman–Crippen LogP) is 1.51. The van der Waals surface area contributed by atoms with E-state index in [2.05, 4.69) is 16.4 Å². The minimum Gasteiger partial charge on any atom is -0.394 e. The summed E-state index contributed by atoms with van der Waals surface area (Å²) in [6.07, 6.45) is 3.89. The maximum atomic E-state index is 3.18. The van der Waals surface area contributed by atoms with Gasteiger partial charge >= 0.3 is 0 Å². The second kappa shape index (κ2) is 3.11. The first-order chi connectivity index (χ1) is 4.83. The van der Waals surface area contributed by atoms with Gasteiger partial charge in [0, 0.05) is 18.4 Å². The zero-order valence-corrected chi connectivity index (χ0v) is 6.31. The Hall–Kier alpha value is -1.18. The third-order valence-electron chi connectivity index (χ3n) is 1.28. The number of aromatic amines is 1. The third-order valence-corrected chi connectivity index (χ3v) is 1.28. The number of nitrogens with one attached hydrogen (secondary N) is 2. The van der Waals surface area contributed by atoms with E-state index >= 15 is 0 Å². The van der Waals surface area contributed by atoms with Crippen molar-refractivity contribution in [3.8, 4) is 0 Å². The van der Waals surface area contributed by atoms with Crippen LogP contribution in [0.15, 0.2) is 18.3 Å². The van der Waals surface area contributed by atoms with Crippen molar-refractivity contribution in [3.05, 3.63) is 29.7 Å². The van der Waals surface area contributed by atoms with Crippen molar-refractivity contribution >= 4 is 6.08 Å². The van der Waals surface area contributed by atoms with Crippen molar-refractivity contribution in [2.24, 2.45) is 0 Å². The molecule has 0 fully saturated rings. The Morgan fingerprint density at radius 3 is 2.80 bits per heavy atom. The van der Waals surface area contributed by atoms with Crippen LogP contribution in [0.4, 0.5) is 0 Å². The Balaban J connectivity index is 2.67. The fourth-order valence-corrected chi connectivity index (χ4v) is 0.796. The standard InChI is InChI=1S/C8H12N2/c1-7-3-4-8(10-7)5-6-9-2/h3-6,9-10H,1-2H3. The molecule has 0 aliphatic rings. The highest BCUT2D eigenvalue weighted by Crippen LogP contribution is 2.00. The maximum absolute atomic E-state index is 3.18. The summed E-state index contributed by atoms with van der Waals surface area (Å²) in [6, 6.07) is 4.10. The molecular weight excluding hydrogens is 124 g/mol. The molecule has 0 aromatic carbocycles. The summed E-state index contributed by atoms with van der Waals surface area (Å²) in [6.45, 7) is 2.04. The first kappa shape index (κ1) is 6.93. The molecule has 1 aromatic heterocycles. The second-order valence-electron chi connectivity index (χ2n) is 2.22. The van der Waals surface area contributed by atoms with E-state index in [4.69, 9.17) is 0 Å². The minimum absolute atomic E-state index is 1.13. The number of aryl methyl sites for hydroxylation is 1. The van der Waals surface area contributed by atoms with Crippen LogP contribution >= 0.6 is 0 Å². The topological polar surface area (TPSA) is 27.8 Å². The monoisotopic (exact) mass is 136 g/mol. The maximum Gasteiger partial charge on any atom is 0.0396 e. The Morgan fingerprint density at radius 1 is 1.50 bits per heavy atom. The van der Waals surface area contributed by atoms with E-state index in [9.17, 15) is 0 Å². The summed E-state index contributed by atoms with van der Waals surface area (Å²) >= 11 is 0. The van der Waals surface area contributed by atoms with Gasteiger partial charge < -0.3 is 10.3 Å². The molecule has 0 saturated heterocycles. The SMILES string of the molecule is CNC=Cc1ccc(C)[nH]1. The van der Waals surface area contributed by atoms with Crippen molar-refractivity contribution in [1.82, 2.24) is 10.3 Å². The van der Waals surface area contributed by atoms with Crippen LogP contribution in [0.2, 0.25) is 0 Å². The molecule has 0 saturated carbocycles. The summed E-state index contributed by atoms with van der Waals surface area (Å²) in [5, 5.41) is 2.92. The van der Waals surface area contributed by atoms with Crippen LogP contribution in [0, 0.1) is 6.92 Å². The number of H-pyrrole nitrogens is 1. The fraction of sp³-hybridized carbons (Fsp3) is 0.250. The number of rotatable bonds is 2. The average Bonchev–Trinajstić information content (AvgIpc) is 2.31. The first-order valence-electron chi connectivity index (χ1n) is 3.32. The van der Waals surface area contributed by atoms with Gasteiger partial charge in [-0.3, -0.25) is 0 Å². The van der Waals surface area contributed by atoms with Gasteiger partial charge in [0.05, 0.1) is 0 Å². The van der Waals surface area contributed by atoms with Gasteiger partial charge in [0.2, 0.25) is 0 Å². The van der Waals surface area contributed by atoms with E-state index < -0.39 is 0 Å². The fourth-order valence-electron chi connectivity index (χ4n) is 0.796. The van der Waals surface area contributed by atoms with E-state index in [1.54, 1.807) is 0 Å². The predicted molar refractivity (Wildman–Crippen MR) is 43.6 cm³/mol. The molecule has 0 aliphatic heterocycles. The summed E-state index contributed by atoms with van der Waals surface area (Å²) in [5.41, 5.74) is 2.32. The second-order valence-corrected chi connectivity index (χ2v) is 2.22. The van der Waals surface area contributed by atoms with Crippen molar-refractivity contribution in [3.63, 3.8) is 0 Å². The van der Waals surface area contributed by atoms with Crippen LogP contribution < -0.4 is 5.32 Å². The van der Waals surface area contributed by atoms with Gasteiger partial charge in [0.15, 0.2) is 0 Å². The molecule has 2 nitrogen and oxygen atoms in total. The molecule has 0 atom stereocenters. The van der Waals surface area contributed by atoms with Gasteiger partial charge in [-0.1, -0.05) is 0 Å². The lowest BCUT2D eigenvalue weighted by Gasteiger charge is -1.85. The molecule has 0 radical (unpaired) electrons. The third kappa shape index (κ3) is 1.65. The summed E-state index contributed by atoms with van der Waals surface area (Å²) in [4.78, 5) is 3.18. The van der Waals surface area contributed by atoms with Crippen molar-refractivity contribution < 1.29 is 0 Å². The zero-order valence-electron chi connectivity index (χ0n) is 6.31. The summed E-state index contributed by atoms with van der Waals surface area (Å²) in [7, 11) is 1.88. The summed E-state index contributed by atoms with van der Waals surface area (Å²) in [5.74, 6) is 0. The Kier molecular flexibility index (Phi) is 2.15. The molecular formula is C8H12N2. The molecule has 0 bridgehead atoms. The van der Waals surface area contributed by atoms with E-state index in [1.807, 2.05) is 32.3 Å². The minimum atomic E-state index is 1.13. The molecule has 1 heterocycles. The molecule has 54 valence electrons. The molecule has 0 amide bonds. The van der Waals surface area contributed by atoms with E-state index in [-0.39, 0.29) is 0 Å². The Bertz CT molecular complexity index is 223. The lowest BCUT2D eigenvalue weighted by Crippen LogP contribution is -1.90. The first-order valence-corrected chi connectivity index (χ1v) is 3.32. The molecule has 0 unspecified atom stereocenters. The molecule has 2 heteroatoms. The van der Waals surface area contributed by atoms with Gasteiger partial charge in [-0.15, -0.1) is 0 Å². The van der Waals surface area contributed by atoms with Gasteiger partial charge in [-0.2, -0.15) is 0 Å². The zero-order chi connectivity index (χ0) is 7.40. The lowest BCUT2D eigenvalue weighted by atomic mass is 10.4. The average molecular weight is 136 g/mol. The Labute approximate surface area is 61.0 Å². The largest absolute Gasteiger partial charge is 0.394 e. The van der Waals surface area contributed by atoms with E-state index in [1.165, 1.54) is 5.69 Å². The van der Waals surface area contributed by atoms with Crippen LogP contribution in [0.3, 0.4) is 0 Å². The van der Waals surface area contributed by atoms with Crippen molar-refractivity contribution in [1.29, 1.82) is 0 Å². The molecule has 0 spiro atoms. The van der Waals surface area contributed by atoms with Crippen LogP contribution in [-0.2, 0) is 0 Å². The van der Waals surface area contributed by atoms with E-state index in [0.717, 1.165) is 5.69 Å². The smallest absolute Gasteiger partial charge is 0.0396 e. The normalized spacial score (nSPS) is 10.6. The number of hydrogen-bond donors (Lipinski definition) is 2. The number of hydrogen-bond acceptors (Lipinski definition) is 1. The van der Waals surface area contributed by atoms with Crippen molar-refractivity contribution in [2.45, 2.75) is 6.92 Å². The van der Waals surface area contributed by atoms with Gasteiger partial charge in [-0.05, 0) is 31.3 Å². The van der Waals surface area contributed by atoms with Gasteiger partial charge in [-0.25, -0.2) is 0 Å². The highest BCUT2D eigenvalue weighted by atomic mass is 14.8.